The maximum atomic E-state index is 11.3. The fraction of sp³-hybridized carbons (Fsp3) is 0.214. The zero-order chi connectivity index (χ0) is 12.3. The summed E-state index contributed by atoms with van der Waals surface area (Å²) < 4.78 is 5.24. The van der Waals surface area contributed by atoms with Gasteiger partial charge in [-0.15, -0.1) is 11.8 Å². The van der Waals surface area contributed by atoms with Gasteiger partial charge in [-0.2, -0.15) is 0 Å². The van der Waals surface area contributed by atoms with Gasteiger partial charge < -0.3 is 4.74 Å². The number of carbonyl (C=O) groups is 1. The summed E-state index contributed by atoms with van der Waals surface area (Å²) in [5.41, 5.74) is 1.99. The maximum absolute atomic E-state index is 11.3. The molecule has 0 spiro atoms. The molecule has 1 atom stereocenters. The van der Waals surface area contributed by atoms with Crippen molar-refractivity contribution in [2.24, 2.45) is 0 Å². The van der Waals surface area contributed by atoms with Gasteiger partial charge in [-0.05, 0) is 43.0 Å². The largest absolute Gasteiger partial charge is 0.486 e. The van der Waals surface area contributed by atoms with E-state index in [2.05, 4.69) is 12.1 Å². The number of hydrogen-bond donors (Lipinski definition) is 0. The number of rotatable bonds is 3. The lowest BCUT2D eigenvalue weighted by atomic mass is 10.0. The van der Waals surface area contributed by atoms with Crippen molar-refractivity contribution in [2.75, 3.05) is 6.26 Å². The number of ether oxygens (including phenoxy) is 1. The summed E-state index contributed by atoms with van der Waals surface area (Å²) in [5, 5.41) is 0. The highest BCUT2D eigenvalue weighted by molar-refractivity contribution is 7.98. The fourth-order valence-electron chi connectivity index (χ4n) is 1.71. The van der Waals surface area contributed by atoms with Crippen molar-refractivity contribution in [1.82, 2.24) is 0 Å². The van der Waals surface area contributed by atoms with E-state index in [1.165, 1.54) is 4.90 Å². The van der Waals surface area contributed by atoms with Crippen LogP contribution in [0.1, 0.15) is 12.5 Å². The van der Waals surface area contributed by atoms with E-state index in [1.54, 1.807) is 24.9 Å². The SMILES string of the molecule is CSc1ccc(C=C2C=COC2C(C)=O)cc1. The third-order valence-electron chi connectivity index (χ3n) is 2.60. The average Bonchev–Trinajstić information content (AvgIpc) is 2.78. The molecule has 0 aromatic heterocycles. The molecule has 17 heavy (non-hydrogen) atoms. The summed E-state index contributed by atoms with van der Waals surface area (Å²) in [6.07, 6.45) is 7.02. The molecular formula is C14H14O2S. The molecule has 0 radical (unpaired) electrons. The Labute approximate surface area is 105 Å². The Morgan fingerprint density at radius 2 is 2.06 bits per heavy atom. The van der Waals surface area contributed by atoms with E-state index < -0.39 is 6.10 Å². The molecule has 1 aliphatic rings. The zero-order valence-corrected chi connectivity index (χ0v) is 10.7. The molecule has 0 saturated carbocycles. The molecule has 1 unspecified atom stereocenters. The maximum Gasteiger partial charge on any atom is 0.181 e. The first-order chi connectivity index (χ1) is 8.20. The molecule has 0 fully saturated rings. The first-order valence-corrected chi connectivity index (χ1v) is 6.61. The monoisotopic (exact) mass is 246 g/mol. The molecule has 0 saturated heterocycles. The summed E-state index contributed by atoms with van der Waals surface area (Å²) in [6.45, 7) is 1.54. The van der Waals surface area contributed by atoms with Crippen LogP contribution in [-0.4, -0.2) is 18.1 Å². The summed E-state index contributed by atoms with van der Waals surface area (Å²) in [7, 11) is 0. The fourth-order valence-corrected chi connectivity index (χ4v) is 2.12. The van der Waals surface area contributed by atoms with E-state index in [1.807, 2.05) is 30.5 Å². The molecule has 0 aliphatic carbocycles. The van der Waals surface area contributed by atoms with Crippen LogP contribution in [-0.2, 0) is 9.53 Å². The first kappa shape index (κ1) is 12.0. The molecule has 1 aromatic carbocycles. The predicted molar refractivity (Wildman–Crippen MR) is 70.9 cm³/mol. The van der Waals surface area contributed by atoms with Crippen LogP contribution in [0.5, 0.6) is 0 Å². The number of ketones is 1. The second-order valence-corrected chi connectivity index (χ2v) is 4.73. The quantitative estimate of drug-likeness (QED) is 0.765. The Kier molecular flexibility index (Phi) is 3.69. The van der Waals surface area contributed by atoms with Gasteiger partial charge in [0.1, 0.15) is 0 Å². The van der Waals surface area contributed by atoms with Crippen molar-refractivity contribution in [3.8, 4) is 0 Å². The second kappa shape index (κ2) is 5.23. The molecule has 1 heterocycles. The smallest absolute Gasteiger partial charge is 0.181 e. The lowest BCUT2D eigenvalue weighted by molar-refractivity contribution is -0.122. The second-order valence-electron chi connectivity index (χ2n) is 3.85. The van der Waals surface area contributed by atoms with Crippen molar-refractivity contribution in [3.63, 3.8) is 0 Å². The molecule has 0 N–H and O–H groups in total. The Morgan fingerprint density at radius 1 is 1.35 bits per heavy atom. The Morgan fingerprint density at radius 3 is 2.65 bits per heavy atom. The Hall–Kier alpha value is -1.48. The molecular weight excluding hydrogens is 232 g/mol. The van der Waals surface area contributed by atoms with Gasteiger partial charge in [0.15, 0.2) is 11.9 Å². The van der Waals surface area contributed by atoms with Gasteiger partial charge in [-0.3, -0.25) is 4.79 Å². The summed E-state index contributed by atoms with van der Waals surface area (Å²) in [4.78, 5) is 12.6. The van der Waals surface area contributed by atoms with E-state index >= 15 is 0 Å². The van der Waals surface area contributed by atoms with Crippen molar-refractivity contribution in [3.05, 3.63) is 47.7 Å². The number of hydrogen-bond acceptors (Lipinski definition) is 3. The Balaban J connectivity index is 2.22. The van der Waals surface area contributed by atoms with Crippen LogP contribution < -0.4 is 0 Å². The highest BCUT2D eigenvalue weighted by Gasteiger charge is 2.21. The third-order valence-corrected chi connectivity index (χ3v) is 3.34. The summed E-state index contributed by atoms with van der Waals surface area (Å²) in [5.74, 6) is 0.0296. The predicted octanol–water partition coefficient (Wildman–Crippen LogP) is 3.29. The highest BCUT2D eigenvalue weighted by Crippen LogP contribution is 2.22. The van der Waals surface area contributed by atoms with E-state index in [0.29, 0.717) is 0 Å². The molecule has 2 rings (SSSR count). The van der Waals surface area contributed by atoms with Gasteiger partial charge in [-0.1, -0.05) is 12.1 Å². The lowest BCUT2D eigenvalue weighted by Crippen LogP contribution is -2.17. The van der Waals surface area contributed by atoms with Crippen molar-refractivity contribution < 1.29 is 9.53 Å². The number of thioether (sulfide) groups is 1. The summed E-state index contributed by atoms with van der Waals surface area (Å²) >= 11 is 1.71. The van der Waals surface area contributed by atoms with Gasteiger partial charge in [0.05, 0.1) is 6.26 Å². The lowest BCUT2D eigenvalue weighted by Gasteiger charge is -2.08. The number of Topliss-reactive ketones (excluding diaryl/α,β-unsaturated/α-hetero) is 1. The highest BCUT2D eigenvalue weighted by atomic mass is 32.2. The van der Waals surface area contributed by atoms with Crippen LogP contribution in [0.25, 0.3) is 6.08 Å². The normalized spacial score (nSPS) is 20.6. The third kappa shape index (κ3) is 2.80. The molecule has 1 aromatic rings. The van der Waals surface area contributed by atoms with Gasteiger partial charge in [-0.25, -0.2) is 0 Å². The van der Waals surface area contributed by atoms with E-state index in [4.69, 9.17) is 4.74 Å². The minimum absolute atomic E-state index is 0.0296. The topological polar surface area (TPSA) is 26.3 Å². The van der Waals surface area contributed by atoms with Gasteiger partial charge in [0.2, 0.25) is 0 Å². The number of benzene rings is 1. The van der Waals surface area contributed by atoms with Crippen LogP contribution in [0.2, 0.25) is 0 Å². The van der Waals surface area contributed by atoms with Gasteiger partial charge >= 0.3 is 0 Å². The van der Waals surface area contributed by atoms with Gasteiger partial charge in [0.25, 0.3) is 0 Å². The standard InChI is InChI=1S/C14H14O2S/c1-10(15)14-12(7-8-16-14)9-11-3-5-13(17-2)6-4-11/h3-9,14H,1-2H3. The molecule has 2 nitrogen and oxygen atoms in total. The average molecular weight is 246 g/mol. The van der Waals surface area contributed by atoms with E-state index in [9.17, 15) is 4.79 Å². The Bertz CT molecular complexity index is 472. The summed E-state index contributed by atoms with van der Waals surface area (Å²) in [6, 6.07) is 8.23. The molecule has 1 aliphatic heterocycles. The van der Waals surface area contributed by atoms with E-state index in [-0.39, 0.29) is 5.78 Å². The van der Waals surface area contributed by atoms with E-state index in [0.717, 1.165) is 11.1 Å². The van der Waals surface area contributed by atoms with Crippen molar-refractivity contribution >= 4 is 23.6 Å². The number of carbonyl (C=O) groups excluding carboxylic acids is 1. The zero-order valence-electron chi connectivity index (χ0n) is 9.84. The molecule has 3 heteroatoms. The van der Waals surface area contributed by atoms with Gasteiger partial charge in [0, 0.05) is 10.5 Å². The minimum atomic E-state index is -0.435. The van der Waals surface area contributed by atoms with Crippen molar-refractivity contribution in [2.45, 2.75) is 17.9 Å². The van der Waals surface area contributed by atoms with Crippen LogP contribution in [0, 0.1) is 0 Å². The first-order valence-electron chi connectivity index (χ1n) is 5.39. The van der Waals surface area contributed by atoms with Crippen LogP contribution in [0.4, 0.5) is 0 Å². The van der Waals surface area contributed by atoms with Crippen molar-refractivity contribution in [1.29, 1.82) is 0 Å². The minimum Gasteiger partial charge on any atom is -0.486 e. The van der Waals surface area contributed by atoms with Crippen LogP contribution >= 0.6 is 11.8 Å². The molecule has 88 valence electrons. The van der Waals surface area contributed by atoms with Crippen LogP contribution in [0.15, 0.2) is 47.1 Å². The molecule has 0 bridgehead atoms. The molecule has 0 amide bonds. The van der Waals surface area contributed by atoms with Crippen LogP contribution in [0.3, 0.4) is 0 Å².